The zero-order chi connectivity index (χ0) is 16.3. The molecule has 1 heterocycles. The van der Waals surface area contributed by atoms with Crippen LogP contribution in [0.1, 0.15) is 27.2 Å². The molecule has 5 nitrogen and oxygen atoms in total. The van der Waals surface area contributed by atoms with E-state index in [0.29, 0.717) is 17.7 Å². The van der Waals surface area contributed by atoms with Crippen molar-refractivity contribution in [1.29, 1.82) is 0 Å². The molecule has 0 aliphatic heterocycles. The molecule has 1 N–H and O–H groups in total. The van der Waals surface area contributed by atoms with Crippen molar-refractivity contribution in [3.8, 4) is 0 Å². The average molecular weight is 366 g/mol. The molecule has 0 atom stereocenters. The number of amides is 1. The van der Waals surface area contributed by atoms with Gasteiger partial charge in [-0.3, -0.25) is 9.59 Å². The van der Waals surface area contributed by atoms with Gasteiger partial charge in [0.2, 0.25) is 0 Å². The summed E-state index contributed by atoms with van der Waals surface area (Å²) in [5, 5.41) is 8.90. The van der Waals surface area contributed by atoms with Crippen LogP contribution >= 0.6 is 15.9 Å². The number of benzene rings is 1. The maximum Gasteiger partial charge on any atom is 0.311 e. The topological polar surface area (TPSA) is 70.7 Å². The summed E-state index contributed by atoms with van der Waals surface area (Å²) in [7, 11) is 1.68. The van der Waals surface area contributed by atoms with E-state index in [9.17, 15) is 9.59 Å². The molecule has 2 aromatic rings. The first-order chi connectivity index (χ1) is 10.4. The van der Waals surface area contributed by atoms with Crippen LogP contribution in [0.2, 0.25) is 0 Å². The molecule has 2 rings (SSSR count). The summed E-state index contributed by atoms with van der Waals surface area (Å²) >= 11 is 3.45. The highest BCUT2D eigenvalue weighted by Crippen LogP contribution is 2.22. The van der Waals surface area contributed by atoms with Crippen molar-refractivity contribution in [1.82, 2.24) is 4.90 Å². The highest BCUT2D eigenvalue weighted by molar-refractivity contribution is 9.10. The lowest BCUT2D eigenvalue weighted by Crippen LogP contribution is -2.27. The van der Waals surface area contributed by atoms with Crippen LogP contribution in [-0.2, 0) is 17.8 Å². The number of halogens is 1. The number of carboxylic acids is 1. The van der Waals surface area contributed by atoms with Crippen LogP contribution in [0.5, 0.6) is 0 Å². The minimum atomic E-state index is -1.03. The van der Waals surface area contributed by atoms with Gasteiger partial charge in [-0.15, -0.1) is 0 Å². The molecule has 0 saturated carbocycles. The second-order valence-electron chi connectivity index (χ2n) is 5.04. The lowest BCUT2D eigenvalue weighted by atomic mass is 10.1. The Hall–Kier alpha value is -2.08. The molecule has 0 saturated heterocycles. The molecule has 0 aliphatic carbocycles. The highest BCUT2D eigenvalue weighted by Gasteiger charge is 2.23. The maximum absolute atomic E-state index is 12.6. The fourth-order valence-corrected chi connectivity index (χ4v) is 2.61. The SMILES string of the molecule is Cc1coc(CC(=O)O)c1C(=O)N(C)Cc1ccccc1Br. The van der Waals surface area contributed by atoms with Gasteiger partial charge in [-0.05, 0) is 18.6 Å². The number of nitrogens with zero attached hydrogens (tertiary/aromatic N) is 1. The summed E-state index contributed by atoms with van der Waals surface area (Å²) in [5.41, 5.74) is 1.94. The molecule has 0 radical (unpaired) electrons. The van der Waals surface area contributed by atoms with Crippen LogP contribution in [0.3, 0.4) is 0 Å². The molecule has 0 fully saturated rings. The summed E-state index contributed by atoms with van der Waals surface area (Å²) in [6.07, 6.45) is 1.11. The Balaban J connectivity index is 2.23. The van der Waals surface area contributed by atoms with Gasteiger partial charge in [0.1, 0.15) is 12.2 Å². The molecular weight excluding hydrogens is 350 g/mol. The second kappa shape index (κ2) is 6.79. The fourth-order valence-electron chi connectivity index (χ4n) is 2.20. The van der Waals surface area contributed by atoms with Gasteiger partial charge in [0.15, 0.2) is 0 Å². The first-order valence-electron chi connectivity index (χ1n) is 6.67. The number of hydrogen-bond donors (Lipinski definition) is 1. The Labute approximate surface area is 136 Å². The zero-order valence-electron chi connectivity index (χ0n) is 12.3. The van der Waals surface area contributed by atoms with Gasteiger partial charge < -0.3 is 14.4 Å². The summed E-state index contributed by atoms with van der Waals surface area (Å²) in [6, 6.07) is 7.64. The van der Waals surface area contributed by atoms with E-state index >= 15 is 0 Å². The number of furan rings is 1. The third-order valence-electron chi connectivity index (χ3n) is 3.29. The van der Waals surface area contributed by atoms with E-state index in [0.717, 1.165) is 10.0 Å². The van der Waals surface area contributed by atoms with E-state index in [2.05, 4.69) is 15.9 Å². The molecule has 22 heavy (non-hydrogen) atoms. The van der Waals surface area contributed by atoms with Gasteiger partial charge in [0.05, 0.1) is 11.8 Å². The van der Waals surface area contributed by atoms with E-state index < -0.39 is 5.97 Å². The van der Waals surface area contributed by atoms with E-state index in [1.165, 1.54) is 6.26 Å². The quantitative estimate of drug-likeness (QED) is 0.882. The summed E-state index contributed by atoms with van der Waals surface area (Å²) in [6.45, 7) is 2.14. The molecular formula is C16H16BrNO4. The molecule has 1 aromatic heterocycles. The van der Waals surface area contributed by atoms with Gasteiger partial charge in [0, 0.05) is 23.6 Å². The maximum atomic E-state index is 12.6. The Kier molecular flexibility index (Phi) is 5.03. The van der Waals surface area contributed by atoms with E-state index in [1.54, 1.807) is 18.9 Å². The Morgan fingerprint density at radius 1 is 1.32 bits per heavy atom. The van der Waals surface area contributed by atoms with Crippen molar-refractivity contribution in [2.75, 3.05) is 7.05 Å². The summed E-state index contributed by atoms with van der Waals surface area (Å²) < 4.78 is 6.13. The van der Waals surface area contributed by atoms with Crippen LogP contribution in [0.4, 0.5) is 0 Å². The van der Waals surface area contributed by atoms with Crippen LogP contribution in [-0.4, -0.2) is 28.9 Å². The van der Waals surface area contributed by atoms with Crippen molar-refractivity contribution < 1.29 is 19.1 Å². The number of carbonyl (C=O) groups excluding carboxylic acids is 1. The fraction of sp³-hybridized carbons (Fsp3) is 0.250. The lowest BCUT2D eigenvalue weighted by Gasteiger charge is -2.18. The van der Waals surface area contributed by atoms with Crippen molar-refractivity contribution in [3.63, 3.8) is 0 Å². The summed E-state index contributed by atoms with van der Waals surface area (Å²) in [4.78, 5) is 25.0. The normalized spacial score (nSPS) is 10.5. The minimum absolute atomic E-state index is 0.189. The monoisotopic (exact) mass is 365 g/mol. The van der Waals surface area contributed by atoms with Gasteiger partial charge in [-0.1, -0.05) is 34.1 Å². The van der Waals surface area contributed by atoms with E-state index in [4.69, 9.17) is 9.52 Å². The van der Waals surface area contributed by atoms with Gasteiger partial charge in [0.25, 0.3) is 5.91 Å². The van der Waals surface area contributed by atoms with Crippen molar-refractivity contribution in [3.05, 3.63) is 57.5 Å². The average Bonchev–Trinajstić information content (AvgIpc) is 2.80. The largest absolute Gasteiger partial charge is 0.481 e. The molecule has 116 valence electrons. The van der Waals surface area contributed by atoms with Crippen LogP contribution in [0, 0.1) is 6.92 Å². The number of hydrogen-bond acceptors (Lipinski definition) is 3. The number of carbonyl (C=O) groups is 2. The standard InChI is InChI=1S/C16H16BrNO4/c1-10-9-22-13(7-14(19)20)15(10)16(21)18(2)8-11-5-3-4-6-12(11)17/h3-6,9H,7-8H2,1-2H3,(H,19,20). The molecule has 0 bridgehead atoms. The van der Waals surface area contributed by atoms with Gasteiger partial charge >= 0.3 is 5.97 Å². The predicted octanol–water partition coefficient (Wildman–Crippen LogP) is 3.25. The second-order valence-corrected chi connectivity index (χ2v) is 5.89. The van der Waals surface area contributed by atoms with E-state index in [1.807, 2.05) is 24.3 Å². The molecule has 0 aliphatic rings. The third kappa shape index (κ3) is 3.57. The molecule has 6 heteroatoms. The molecule has 1 amide bonds. The minimum Gasteiger partial charge on any atom is -0.481 e. The van der Waals surface area contributed by atoms with Crippen molar-refractivity contribution >= 4 is 27.8 Å². The van der Waals surface area contributed by atoms with Crippen molar-refractivity contribution in [2.24, 2.45) is 0 Å². The highest BCUT2D eigenvalue weighted by atomic mass is 79.9. The number of carboxylic acid groups (broad SMARTS) is 1. The van der Waals surface area contributed by atoms with Crippen LogP contribution in [0.25, 0.3) is 0 Å². The summed E-state index contributed by atoms with van der Waals surface area (Å²) in [5.74, 6) is -1.09. The predicted molar refractivity (Wildman–Crippen MR) is 84.7 cm³/mol. The smallest absolute Gasteiger partial charge is 0.311 e. The zero-order valence-corrected chi connectivity index (χ0v) is 13.9. The molecule has 0 unspecified atom stereocenters. The van der Waals surface area contributed by atoms with Gasteiger partial charge in [-0.2, -0.15) is 0 Å². The Morgan fingerprint density at radius 2 is 2.00 bits per heavy atom. The van der Waals surface area contributed by atoms with Crippen LogP contribution < -0.4 is 0 Å². The van der Waals surface area contributed by atoms with Crippen molar-refractivity contribution in [2.45, 2.75) is 19.9 Å². The lowest BCUT2D eigenvalue weighted by molar-refractivity contribution is -0.136. The Morgan fingerprint density at radius 3 is 2.64 bits per heavy atom. The first kappa shape index (κ1) is 16.3. The molecule has 0 spiro atoms. The first-order valence-corrected chi connectivity index (χ1v) is 7.47. The number of rotatable bonds is 5. The van der Waals surface area contributed by atoms with Gasteiger partial charge in [-0.25, -0.2) is 0 Å². The number of aliphatic carboxylic acids is 1. The van der Waals surface area contributed by atoms with Crippen LogP contribution in [0.15, 0.2) is 39.4 Å². The number of aryl methyl sites for hydroxylation is 1. The Bertz CT molecular complexity index is 708. The van der Waals surface area contributed by atoms with E-state index in [-0.39, 0.29) is 18.1 Å². The third-order valence-corrected chi connectivity index (χ3v) is 4.06. The molecule has 1 aromatic carbocycles.